The first-order valence-electron chi connectivity index (χ1n) is 6.93. The van der Waals surface area contributed by atoms with Crippen LogP contribution in [-0.4, -0.2) is 41.9 Å². The van der Waals surface area contributed by atoms with Gasteiger partial charge < -0.3 is 4.90 Å². The minimum atomic E-state index is -0.724. The Morgan fingerprint density at radius 1 is 1.43 bits per heavy atom. The van der Waals surface area contributed by atoms with Crippen molar-refractivity contribution in [1.82, 2.24) is 9.80 Å². The van der Waals surface area contributed by atoms with Crippen molar-refractivity contribution in [2.24, 2.45) is 0 Å². The number of benzene rings is 1. The van der Waals surface area contributed by atoms with Crippen molar-refractivity contribution >= 4 is 17.5 Å². The normalized spacial score (nSPS) is 17.3. The van der Waals surface area contributed by atoms with Gasteiger partial charge in [-0.1, -0.05) is 24.6 Å². The van der Waals surface area contributed by atoms with Crippen LogP contribution < -0.4 is 0 Å². The highest BCUT2D eigenvalue weighted by molar-refractivity contribution is 6.31. The summed E-state index contributed by atoms with van der Waals surface area (Å²) >= 11 is 6.04. The Hall–Kier alpha value is -1.64. The van der Waals surface area contributed by atoms with Crippen LogP contribution in [0.4, 0.5) is 4.39 Å². The third-order valence-corrected chi connectivity index (χ3v) is 4.06. The molecule has 1 aliphatic heterocycles. The molecule has 1 fully saturated rings. The maximum Gasteiger partial charge on any atom is 0.222 e. The van der Waals surface area contributed by atoms with E-state index in [0.29, 0.717) is 32.6 Å². The van der Waals surface area contributed by atoms with Crippen LogP contribution in [0.25, 0.3) is 0 Å². The summed E-state index contributed by atoms with van der Waals surface area (Å²) < 4.78 is 14.0. The summed E-state index contributed by atoms with van der Waals surface area (Å²) in [7, 11) is 0. The molecular weight excluding hydrogens is 293 g/mol. The molecule has 1 aromatic carbocycles. The van der Waals surface area contributed by atoms with E-state index in [1.54, 1.807) is 11.0 Å². The molecule has 1 heterocycles. The lowest BCUT2D eigenvalue weighted by Crippen LogP contribution is -2.49. The number of carbonyl (C=O) groups excluding carboxylic acids is 1. The average Bonchev–Trinajstić information content (AvgIpc) is 2.50. The molecule has 2 rings (SSSR count). The first-order chi connectivity index (χ1) is 10.1. The molecule has 1 saturated heterocycles. The molecule has 1 amide bonds. The molecule has 0 radical (unpaired) electrons. The first-order valence-corrected chi connectivity index (χ1v) is 7.31. The second-order valence-corrected chi connectivity index (χ2v) is 5.34. The summed E-state index contributed by atoms with van der Waals surface area (Å²) in [4.78, 5) is 15.3. The molecule has 1 atom stereocenters. The molecule has 0 spiro atoms. The van der Waals surface area contributed by atoms with Crippen molar-refractivity contribution in [2.45, 2.75) is 19.4 Å². The van der Waals surface area contributed by atoms with Crippen LogP contribution in [0.3, 0.4) is 0 Å². The van der Waals surface area contributed by atoms with Gasteiger partial charge in [-0.25, -0.2) is 4.39 Å². The van der Waals surface area contributed by atoms with Gasteiger partial charge >= 0.3 is 0 Å². The number of halogens is 2. The van der Waals surface area contributed by atoms with Crippen LogP contribution in [0.5, 0.6) is 0 Å². The third kappa shape index (κ3) is 3.34. The zero-order valence-corrected chi connectivity index (χ0v) is 12.6. The van der Waals surface area contributed by atoms with E-state index < -0.39 is 11.9 Å². The van der Waals surface area contributed by atoms with Crippen molar-refractivity contribution in [3.63, 3.8) is 0 Å². The zero-order valence-electron chi connectivity index (χ0n) is 11.9. The van der Waals surface area contributed by atoms with Crippen LogP contribution in [-0.2, 0) is 4.79 Å². The highest BCUT2D eigenvalue weighted by atomic mass is 35.5. The highest BCUT2D eigenvalue weighted by Crippen LogP contribution is 2.30. The monoisotopic (exact) mass is 309 g/mol. The lowest BCUT2D eigenvalue weighted by molar-refractivity contribution is -0.132. The van der Waals surface area contributed by atoms with Crippen molar-refractivity contribution < 1.29 is 9.18 Å². The van der Waals surface area contributed by atoms with E-state index >= 15 is 0 Å². The standard InChI is InChI=1S/C15H17ClFN3O/c1-2-14(21)20-8-6-19(7-9-20)13(10-18)15-11(16)4-3-5-12(15)17/h3-5,13H,2,6-9H2,1H3. The number of hydrogen-bond donors (Lipinski definition) is 0. The maximum atomic E-state index is 14.0. The van der Waals surface area contributed by atoms with Gasteiger partial charge in [0.25, 0.3) is 0 Å². The number of carbonyl (C=O) groups is 1. The van der Waals surface area contributed by atoms with Crippen LogP contribution in [0.15, 0.2) is 18.2 Å². The van der Waals surface area contributed by atoms with Gasteiger partial charge in [0.05, 0.1) is 6.07 Å². The van der Waals surface area contributed by atoms with Crippen LogP contribution in [0.2, 0.25) is 5.02 Å². The van der Waals surface area contributed by atoms with Gasteiger partial charge in [-0.2, -0.15) is 5.26 Å². The number of piperazine rings is 1. The molecule has 0 bridgehead atoms. The zero-order chi connectivity index (χ0) is 15.4. The molecule has 21 heavy (non-hydrogen) atoms. The fourth-order valence-corrected chi connectivity index (χ4v) is 2.82. The van der Waals surface area contributed by atoms with Gasteiger partial charge in [0.15, 0.2) is 0 Å². The van der Waals surface area contributed by atoms with E-state index in [2.05, 4.69) is 6.07 Å². The largest absolute Gasteiger partial charge is 0.340 e. The van der Waals surface area contributed by atoms with E-state index in [9.17, 15) is 14.4 Å². The maximum absolute atomic E-state index is 14.0. The molecule has 4 nitrogen and oxygen atoms in total. The quantitative estimate of drug-likeness (QED) is 0.862. The summed E-state index contributed by atoms with van der Waals surface area (Å²) in [5, 5.41) is 9.66. The summed E-state index contributed by atoms with van der Waals surface area (Å²) in [5.74, 6) is -0.367. The Balaban J connectivity index is 2.14. The number of rotatable bonds is 3. The molecule has 112 valence electrons. The minimum absolute atomic E-state index is 0.104. The molecule has 0 saturated carbocycles. The van der Waals surface area contributed by atoms with Gasteiger partial charge in [0, 0.05) is 43.2 Å². The Labute approximate surface area is 128 Å². The lowest BCUT2D eigenvalue weighted by atomic mass is 10.0. The van der Waals surface area contributed by atoms with Crippen LogP contribution in [0.1, 0.15) is 24.9 Å². The molecule has 1 aromatic rings. The third-order valence-electron chi connectivity index (χ3n) is 3.73. The fourth-order valence-electron chi connectivity index (χ4n) is 2.55. The van der Waals surface area contributed by atoms with Gasteiger partial charge in [0.1, 0.15) is 11.9 Å². The predicted octanol–water partition coefficient (Wildman–Crippen LogP) is 2.60. The Bertz CT molecular complexity index is 544. The van der Waals surface area contributed by atoms with Crippen molar-refractivity contribution in [3.8, 4) is 6.07 Å². The molecule has 1 aliphatic rings. The number of nitrogens with zero attached hydrogens (tertiary/aromatic N) is 3. The molecule has 0 aromatic heterocycles. The smallest absolute Gasteiger partial charge is 0.222 e. The SMILES string of the molecule is CCC(=O)N1CCN(C(C#N)c2c(F)cccc2Cl)CC1. The fraction of sp³-hybridized carbons (Fsp3) is 0.467. The van der Waals surface area contributed by atoms with E-state index in [4.69, 9.17) is 11.6 Å². The van der Waals surface area contributed by atoms with Gasteiger partial charge in [-0.3, -0.25) is 9.69 Å². The second kappa shape index (κ2) is 6.88. The van der Waals surface area contributed by atoms with E-state index in [-0.39, 0.29) is 16.5 Å². The van der Waals surface area contributed by atoms with Crippen molar-refractivity contribution in [1.29, 1.82) is 5.26 Å². The summed E-state index contributed by atoms with van der Waals surface area (Å²) in [5.41, 5.74) is 0.219. The first kappa shape index (κ1) is 15.7. The topological polar surface area (TPSA) is 47.3 Å². The van der Waals surface area contributed by atoms with Crippen LogP contribution in [0, 0.1) is 17.1 Å². The van der Waals surface area contributed by atoms with Crippen molar-refractivity contribution in [2.75, 3.05) is 26.2 Å². The van der Waals surface area contributed by atoms with E-state index in [1.165, 1.54) is 12.1 Å². The van der Waals surface area contributed by atoms with E-state index in [0.717, 1.165) is 0 Å². The van der Waals surface area contributed by atoms with E-state index in [1.807, 2.05) is 11.8 Å². The number of amides is 1. The van der Waals surface area contributed by atoms with Crippen LogP contribution >= 0.6 is 11.6 Å². The Kier molecular flexibility index (Phi) is 5.16. The highest BCUT2D eigenvalue weighted by Gasteiger charge is 2.29. The minimum Gasteiger partial charge on any atom is -0.340 e. The molecular formula is C15H17ClFN3O. The molecule has 1 unspecified atom stereocenters. The Morgan fingerprint density at radius 3 is 2.62 bits per heavy atom. The number of nitriles is 1. The average molecular weight is 310 g/mol. The summed E-state index contributed by atoms with van der Waals surface area (Å²) in [6, 6.07) is 5.82. The van der Waals surface area contributed by atoms with Gasteiger partial charge in [0.2, 0.25) is 5.91 Å². The van der Waals surface area contributed by atoms with Crippen molar-refractivity contribution in [3.05, 3.63) is 34.6 Å². The van der Waals surface area contributed by atoms with Gasteiger partial charge in [-0.15, -0.1) is 0 Å². The molecule has 6 heteroatoms. The summed E-state index contributed by atoms with van der Waals surface area (Å²) in [6.07, 6.45) is 0.473. The van der Waals surface area contributed by atoms with Gasteiger partial charge in [-0.05, 0) is 12.1 Å². The number of hydrogen-bond acceptors (Lipinski definition) is 3. The predicted molar refractivity (Wildman–Crippen MR) is 78.2 cm³/mol. The molecule has 0 aliphatic carbocycles. The Morgan fingerprint density at radius 2 is 2.10 bits per heavy atom. The lowest BCUT2D eigenvalue weighted by Gasteiger charge is -2.37. The second-order valence-electron chi connectivity index (χ2n) is 4.94. The molecule has 0 N–H and O–H groups in total. The summed E-state index contributed by atoms with van der Waals surface area (Å²) in [6.45, 7) is 4.00.